The molecule has 0 radical (unpaired) electrons. The van der Waals surface area contributed by atoms with Crippen molar-refractivity contribution in [3.05, 3.63) is 24.3 Å². The molecule has 1 aliphatic heterocycles. The maximum atomic E-state index is 11.3. The Morgan fingerprint density at radius 2 is 1.87 bits per heavy atom. The lowest BCUT2D eigenvalue weighted by atomic mass is 10.0. The van der Waals surface area contributed by atoms with Crippen LogP contribution in [0.3, 0.4) is 0 Å². The van der Waals surface area contributed by atoms with Gasteiger partial charge in [0.2, 0.25) is 10.0 Å². The zero-order valence-corrected chi connectivity index (χ0v) is 15.0. The lowest BCUT2D eigenvalue weighted by molar-refractivity contribution is 0.390. The molecule has 1 fully saturated rings. The zero-order valence-electron chi connectivity index (χ0n) is 14.2. The van der Waals surface area contributed by atoms with E-state index in [1.165, 1.54) is 16.2 Å². The van der Waals surface area contributed by atoms with Crippen molar-refractivity contribution in [3.63, 3.8) is 0 Å². The lowest BCUT2D eigenvalue weighted by Gasteiger charge is -2.34. The Kier molecular flexibility index (Phi) is 6.26. The number of rotatable bonds is 7. The minimum absolute atomic E-state index is 0.456. The number of sulfonamides is 1. The summed E-state index contributed by atoms with van der Waals surface area (Å²) in [5.41, 5.74) is 1.22. The fourth-order valence-electron chi connectivity index (χ4n) is 2.73. The van der Waals surface area contributed by atoms with Gasteiger partial charge < -0.3 is 15.0 Å². The Morgan fingerprint density at radius 1 is 1.26 bits per heavy atom. The molecule has 0 bridgehead atoms. The van der Waals surface area contributed by atoms with Crippen LogP contribution in [-0.4, -0.2) is 65.4 Å². The number of hydrogen-bond donors (Lipinski definition) is 1. The average Bonchev–Trinajstić information content (AvgIpc) is 2.54. The van der Waals surface area contributed by atoms with E-state index in [4.69, 9.17) is 4.74 Å². The number of anilines is 1. The van der Waals surface area contributed by atoms with Crippen LogP contribution in [0.25, 0.3) is 0 Å². The van der Waals surface area contributed by atoms with Gasteiger partial charge in [0.25, 0.3) is 0 Å². The number of ether oxygens (including phenoxy) is 1. The first-order valence-corrected chi connectivity index (χ1v) is 9.78. The van der Waals surface area contributed by atoms with Gasteiger partial charge in [-0.1, -0.05) is 0 Å². The van der Waals surface area contributed by atoms with Crippen LogP contribution in [0.2, 0.25) is 0 Å². The summed E-state index contributed by atoms with van der Waals surface area (Å²) in [4.78, 5) is 2.38. The molecule has 23 heavy (non-hydrogen) atoms. The molecule has 0 atom stereocenters. The summed E-state index contributed by atoms with van der Waals surface area (Å²) >= 11 is 0. The Labute approximate surface area is 139 Å². The van der Waals surface area contributed by atoms with Gasteiger partial charge >= 0.3 is 0 Å². The van der Waals surface area contributed by atoms with Gasteiger partial charge in [-0.05, 0) is 37.1 Å². The van der Waals surface area contributed by atoms with Gasteiger partial charge in [-0.15, -0.1) is 0 Å². The molecule has 1 saturated heterocycles. The summed E-state index contributed by atoms with van der Waals surface area (Å²) < 4.78 is 29.3. The molecule has 130 valence electrons. The number of piperidine rings is 1. The van der Waals surface area contributed by atoms with E-state index in [1.54, 1.807) is 14.2 Å². The SMILES string of the molecule is COc1ccc(N2CCC(NCCN(C)S(C)(=O)=O)CC2)cc1. The normalized spacial score (nSPS) is 16.8. The molecule has 1 aromatic carbocycles. The van der Waals surface area contributed by atoms with Crippen LogP contribution in [0.4, 0.5) is 5.69 Å². The van der Waals surface area contributed by atoms with Gasteiger partial charge in [0.1, 0.15) is 5.75 Å². The molecular weight excluding hydrogens is 314 g/mol. The fraction of sp³-hybridized carbons (Fsp3) is 0.625. The van der Waals surface area contributed by atoms with Crippen LogP contribution in [-0.2, 0) is 10.0 Å². The molecule has 0 unspecified atom stereocenters. The van der Waals surface area contributed by atoms with E-state index in [9.17, 15) is 8.42 Å². The lowest BCUT2D eigenvalue weighted by Crippen LogP contribution is -2.44. The summed E-state index contributed by atoms with van der Waals surface area (Å²) in [5.74, 6) is 0.875. The molecule has 1 N–H and O–H groups in total. The van der Waals surface area contributed by atoms with Gasteiger partial charge in [-0.3, -0.25) is 0 Å². The molecule has 0 spiro atoms. The molecular formula is C16H27N3O3S. The topological polar surface area (TPSA) is 61.9 Å². The largest absolute Gasteiger partial charge is 0.497 e. The predicted molar refractivity (Wildman–Crippen MR) is 93.7 cm³/mol. The Morgan fingerprint density at radius 3 is 2.39 bits per heavy atom. The van der Waals surface area contributed by atoms with Crippen LogP contribution in [0.1, 0.15) is 12.8 Å². The number of benzene rings is 1. The summed E-state index contributed by atoms with van der Waals surface area (Å²) in [7, 11) is 0.207. The number of hydrogen-bond acceptors (Lipinski definition) is 5. The molecule has 1 heterocycles. The third-order valence-electron chi connectivity index (χ3n) is 4.36. The van der Waals surface area contributed by atoms with Crippen LogP contribution in [0.15, 0.2) is 24.3 Å². The number of nitrogens with one attached hydrogen (secondary N) is 1. The third kappa shape index (κ3) is 5.37. The van der Waals surface area contributed by atoms with Crippen LogP contribution in [0, 0.1) is 0 Å². The molecule has 6 nitrogen and oxygen atoms in total. The van der Waals surface area contributed by atoms with Crippen molar-refractivity contribution in [2.75, 3.05) is 51.5 Å². The maximum absolute atomic E-state index is 11.3. The van der Waals surface area contributed by atoms with Crippen molar-refractivity contribution in [1.29, 1.82) is 0 Å². The van der Waals surface area contributed by atoms with E-state index in [0.717, 1.165) is 31.7 Å². The summed E-state index contributed by atoms with van der Waals surface area (Å²) in [6.07, 6.45) is 3.36. The number of methoxy groups -OCH3 is 1. The second-order valence-corrected chi connectivity index (χ2v) is 8.09. The van der Waals surface area contributed by atoms with E-state index in [-0.39, 0.29) is 0 Å². The van der Waals surface area contributed by atoms with E-state index >= 15 is 0 Å². The second kappa shape index (κ2) is 7.99. The molecule has 7 heteroatoms. The Bertz CT molecular complexity index is 581. The van der Waals surface area contributed by atoms with E-state index in [0.29, 0.717) is 19.1 Å². The molecule has 0 saturated carbocycles. The number of nitrogens with zero attached hydrogens (tertiary/aromatic N) is 2. The highest BCUT2D eigenvalue weighted by Crippen LogP contribution is 2.22. The van der Waals surface area contributed by atoms with Crippen LogP contribution in [0.5, 0.6) is 5.75 Å². The Hall–Kier alpha value is -1.31. The van der Waals surface area contributed by atoms with Gasteiger partial charge in [0, 0.05) is 45.0 Å². The van der Waals surface area contributed by atoms with Gasteiger partial charge in [0.15, 0.2) is 0 Å². The molecule has 1 aromatic rings. The van der Waals surface area contributed by atoms with Gasteiger partial charge in [-0.2, -0.15) is 0 Å². The predicted octanol–water partition coefficient (Wildman–Crippen LogP) is 1.15. The highest BCUT2D eigenvalue weighted by Gasteiger charge is 2.19. The summed E-state index contributed by atoms with van der Waals surface area (Å²) in [5, 5.41) is 3.46. The Balaban J connectivity index is 1.73. The fourth-order valence-corrected chi connectivity index (χ4v) is 3.15. The van der Waals surface area contributed by atoms with Crippen molar-refractivity contribution in [3.8, 4) is 5.75 Å². The van der Waals surface area contributed by atoms with E-state index in [1.807, 2.05) is 12.1 Å². The van der Waals surface area contributed by atoms with E-state index < -0.39 is 10.0 Å². The van der Waals surface area contributed by atoms with Gasteiger partial charge in [0.05, 0.1) is 13.4 Å². The van der Waals surface area contributed by atoms with Crippen molar-refractivity contribution >= 4 is 15.7 Å². The maximum Gasteiger partial charge on any atom is 0.210 e. The van der Waals surface area contributed by atoms with E-state index in [2.05, 4.69) is 22.3 Å². The van der Waals surface area contributed by atoms with Crippen LogP contribution < -0.4 is 15.0 Å². The molecule has 0 aromatic heterocycles. The van der Waals surface area contributed by atoms with Crippen molar-refractivity contribution < 1.29 is 13.2 Å². The molecule has 2 rings (SSSR count). The minimum Gasteiger partial charge on any atom is -0.497 e. The highest BCUT2D eigenvalue weighted by atomic mass is 32.2. The van der Waals surface area contributed by atoms with Gasteiger partial charge in [-0.25, -0.2) is 12.7 Å². The van der Waals surface area contributed by atoms with Crippen LogP contribution >= 0.6 is 0 Å². The highest BCUT2D eigenvalue weighted by molar-refractivity contribution is 7.88. The van der Waals surface area contributed by atoms with Crippen molar-refractivity contribution in [2.45, 2.75) is 18.9 Å². The van der Waals surface area contributed by atoms with Crippen molar-refractivity contribution in [2.24, 2.45) is 0 Å². The first-order valence-electron chi connectivity index (χ1n) is 7.94. The monoisotopic (exact) mass is 341 g/mol. The summed E-state index contributed by atoms with van der Waals surface area (Å²) in [6, 6.07) is 8.61. The quantitative estimate of drug-likeness (QED) is 0.806. The smallest absolute Gasteiger partial charge is 0.210 e. The molecule has 1 aliphatic rings. The average molecular weight is 341 g/mol. The standard InChI is InChI=1S/C16H27N3O3S/c1-18(23(3,20)21)13-10-17-14-8-11-19(12-9-14)15-4-6-16(22-2)7-5-15/h4-7,14,17H,8-13H2,1-3H3. The number of likely N-dealkylation sites (N-methyl/N-ethyl adjacent to an activating group) is 1. The first-order chi connectivity index (χ1) is 10.9. The summed E-state index contributed by atoms with van der Waals surface area (Å²) in [6.45, 7) is 3.21. The minimum atomic E-state index is -3.08. The first kappa shape index (κ1) is 18.0. The second-order valence-electron chi connectivity index (χ2n) is 6.00. The molecule has 0 aliphatic carbocycles. The third-order valence-corrected chi connectivity index (χ3v) is 5.67. The molecule has 0 amide bonds. The zero-order chi connectivity index (χ0) is 16.9. The van der Waals surface area contributed by atoms with Crippen molar-refractivity contribution in [1.82, 2.24) is 9.62 Å².